The monoisotopic (exact) mass is 289 g/mol. The van der Waals surface area contributed by atoms with E-state index in [0.29, 0.717) is 27.9 Å². The van der Waals surface area contributed by atoms with Gasteiger partial charge in [-0.15, -0.1) is 0 Å². The van der Waals surface area contributed by atoms with E-state index in [0.717, 1.165) is 5.69 Å². The van der Waals surface area contributed by atoms with Crippen LogP contribution in [-0.2, 0) is 0 Å². The van der Waals surface area contributed by atoms with E-state index in [2.05, 4.69) is 12.2 Å². The van der Waals surface area contributed by atoms with Crippen molar-refractivity contribution in [2.45, 2.75) is 41.7 Å². The number of rotatable bonds is 4. The SMILES string of the molecule is CC1SCCCC1Nc1ccc(SC(F)F)cc1. The van der Waals surface area contributed by atoms with Gasteiger partial charge in [0, 0.05) is 21.9 Å². The first-order chi connectivity index (χ1) is 8.65. The van der Waals surface area contributed by atoms with E-state index < -0.39 is 5.76 Å². The Kier molecular flexibility index (Phi) is 5.18. The van der Waals surface area contributed by atoms with Crippen LogP contribution in [0.15, 0.2) is 29.2 Å². The molecule has 1 saturated heterocycles. The summed E-state index contributed by atoms with van der Waals surface area (Å²) in [5, 5.41) is 4.10. The molecule has 2 unspecified atom stereocenters. The molecule has 1 fully saturated rings. The molecule has 5 heteroatoms. The third kappa shape index (κ3) is 4.05. The third-order valence-electron chi connectivity index (χ3n) is 3.04. The number of anilines is 1. The Morgan fingerprint density at radius 1 is 1.33 bits per heavy atom. The average molecular weight is 289 g/mol. The lowest BCUT2D eigenvalue weighted by Gasteiger charge is -2.30. The molecular weight excluding hydrogens is 272 g/mol. The number of nitrogens with one attached hydrogen (secondary N) is 1. The zero-order valence-electron chi connectivity index (χ0n) is 10.2. The summed E-state index contributed by atoms with van der Waals surface area (Å²) in [5.74, 6) is -1.11. The summed E-state index contributed by atoms with van der Waals surface area (Å²) in [7, 11) is 0. The number of hydrogen-bond acceptors (Lipinski definition) is 3. The topological polar surface area (TPSA) is 12.0 Å². The predicted octanol–water partition coefficient (Wildman–Crippen LogP) is 4.70. The molecule has 2 atom stereocenters. The van der Waals surface area contributed by atoms with Crippen LogP contribution in [0.2, 0.25) is 0 Å². The molecule has 1 heterocycles. The van der Waals surface area contributed by atoms with Gasteiger partial charge in [0.15, 0.2) is 0 Å². The minimum atomic E-state index is -2.35. The molecule has 0 bridgehead atoms. The van der Waals surface area contributed by atoms with Crippen molar-refractivity contribution in [2.24, 2.45) is 0 Å². The van der Waals surface area contributed by atoms with Gasteiger partial charge in [-0.3, -0.25) is 0 Å². The van der Waals surface area contributed by atoms with Gasteiger partial charge in [0.1, 0.15) is 0 Å². The predicted molar refractivity (Wildman–Crippen MR) is 76.9 cm³/mol. The lowest BCUT2D eigenvalue weighted by molar-refractivity contribution is 0.252. The number of alkyl halides is 2. The van der Waals surface area contributed by atoms with Crippen LogP contribution in [0.4, 0.5) is 14.5 Å². The molecule has 0 amide bonds. The van der Waals surface area contributed by atoms with Crippen LogP contribution < -0.4 is 5.32 Å². The molecule has 2 rings (SSSR count). The second-order valence-corrected chi connectivity index (χ2v) is 6.92. The summed E-state index contributed by atoms with van der Waals surface area (Å²) in [6.45, 7) is 2.24. The van der Waals surface area contributed by atoms with Gasteiger partial charge < -0.3 is 5.32 Å². The zero-order chi connectivity index (χ0) is 13.0. The molecule has 0 saturated carbocycles. The first kappa shape index (κ1) is 14.0. The molecule has 0 radical (unpaired) electrons. The Balaban J connectivity index is 1.93. The van der Waals surface area contributed by atoms with Crippen molar-refractivity contribution in [1.29, 1.82) is 0 Å². The van der Waals surface area contributed by atoms with Crippen molar-refractivity contribution in [3.8, 4) is 0 Å². The number of thioether (sulfide) groups is 2. The Labute approximate surface area is 115 Å². The maximum absolute atomic E-state index is 12.2. The summed E-state index contributed by atoms with van der Waals surface area (Å²) in [6.07, 6.45) is 2.42. The smallest absolute Gasteiger partial charge is 0.288 e. The van der Waals surface area contributed by atoms with Crippen LogP contribution in [-0.4, -0.2) is 22.8 Å². The molecule has 1 aromatic rings. The van der Waals surface area contributed by atoms with E-state index in [-0.39, 0.29) is 0 Å². The van der Waals surface area contributed by atoms with Crippen molar-refractivity contribution in [1.82, 2.24) is 0 Å². The van der Waals surface area contributed by atoms with Crippen LogP contribution in [0.5, 0.6) is 0 Å². The molecular formula is C13H17F2NS2. The van der Waals surface area contributed by atoms with Crippen LogP contribution >= 0.6 is 23.5 Å². The summed E-state index contributed by atoms with van der Waals surface area (Å²) in [5.41, 5.74) is 1.02. The third-order valence-corrected chi connectivity index (χ3v) is 5.14. The van der Waals surface area contributed by atoms with Gasteiger partial charge in [-0.05, 0) is 42.9 Å². The van der Waals surface area contributed by atoms with Crippen molar-refractivity contribution in [3.05, 3.63) is 24.3 Å². The standard InChI is InChI=1S/C13H17F2NS2/c1-9-12(3-2-8-17-9)16-10-4-6-11(7-5-10)18-13(14)15/h4-7,9,12-13,16H,2-3,8H2,1H3. The highest BCUT2D eigenvalue weighted by atomic mass is 32.2. The molecule has 0 aliphatic carbocycles. The molecule has 18 heavy (non-hydrogen) atoms. The quantitative estimate of drug-likeness (QED) is 0.807. The normalized spacial score (nSPS) is 24.2. The molecule has 100 valence electrons. The molecule has 0 aromatic heterocycles. The molecule has 1 N–H and O–H groups in total. The lowest BCUT2D eigenvalue weighted by Crippen LogP contribution is -2.32. The second-order valence-electron chi connectivity index (χ2n) is 4.37. The maximum Gasteiger partial charge on any atom is 0.288 e. The highest BCUT2D eigenvalue weighted by Gasteiger charge is 2.21. The van der Waals surface area contributed by atoms with Crippen LogP contribution in [0.3, 0.4) is 0 Å². The van der Waals surface area contributed by atoms with Gasteiger partial charge in [0.25, 0.3) is 5.76 Å². The van der Waals surface area contributed by atoms with Crippen molar-refractivity contribution >= 4 is 29.2 Å². The van der Waals surface area contributed by atoms with E-state index >= 15 is 0 Å². The lowest BCUT2D eigenvalue weighted by atomic mass is 10.1. The van der Waals surface area contributed by atoms with Gasteiger partial charge in [0.2, 0.25) is 0 Å². The summed E-state index contributed by atoms with van der Waals surface area (Å²) in [6, 6.07) is 7.75. The average Bonchev–Trinajstić information content (AvgIpc) is 2.34. The fourth-order valence-corrected chi connectivity index (χ4v) is 3.70. The molecule has 0 spiro atoms. The van der Waals surface area contributed by atoms with E-state index in [1.165, 1.54) is 18.6 Å². The Morgan fingerprint density at radius 2 is 2.06 bits per heavy atom. The number of halogens is 2. The number of hydrogen-bond donors (Lipinski definition) is 1. The van der Waals surface area contributed by atoms with Crippen LogP contribution in [0, 0.1) is 0 Å². The van der Waals surface area contributed by atoms with Crippen LogP contribution in [0.25, 0.3) is 0 Å². The molecule has 1 aliphatic heterocycles. The first-order valence-electron chi connectivity index (χ1n) is 6.08. The summed E-state index contributed by atoms with van der Waals surface area (Å²) in [4.78, 5) is 0.613. The minimum Gasteiger partial charge on any atom is -0.381 e. The fraction of sp³-hybridized carbons (Fsp3) is 0.538. The number of benzene rings is 1. The van der Waals surface area contributed by atoms with Gasteiger partial charge in [-0.1, -0.05) is 18.7 Å². The molecule has 1 nitrogen and oxygen atoms in total. The van der Waals surface area contributed by atoms with Crippen molar-refractivity contribution in [2.75, 3.05) is 11.1 Å². The molecule has 1 aromatic carbocycles. The fourth-order valence-electron chi connectivity index (χ4n) is 2.06. The highest BCUT2D eigenvalue weighted by molar-refractivity contribution is 8.00. The van der Waals surface area contributed by atoms with Gasteiger partial charge >= 0.3 is 0 Å². The van der Waals surface area contributed by atoms with Crippen molar-refractivity contribution < 1.29 is 8.78 Å². The van der Waals surface area contributed by atoms with E-state index in [1.54, 1.807) is 12.1 Å². The first-order valence-corrected chi connectivity index (χ1v) is 8.01. The largest absolute Gasteiger partial charge is 0.381 e. The van der Waals surface area contributed by atoms with Crippen LogP contribution in [0.1, 0.15) is 19.8 Å². The summed E-state index contributed by atoms with van der Waals surface area (Å²) < 4.78 is 24.4. The Morgan fingerprint density at radius 3 is 2.67 bits per heavy atom. The maximum atomic E-state index is 12.2. The van der Waals surface area contributed by atoms with E-state index in [9.17, 15) is 8.78 Å². The zero-order valence-corrected chi connectivity index (χ0v) is 11.9. The minimum absolute atomic E-state index is 0.484. The van der Waals surface area contributed by atoms with E-state index in [1.807, 2.05) is 23.9 Å². The van der Waals surface area contributed by atoms with Gasteiger partial charge in [0.05, 0.1) is 0 Å². The Hall–Kier alpha value is -0.420. The Bertz CT molecular complexity index is 370. The highest BCUT2D eigenvalue weighted by Crippen LogP contribution is 2.29. The van der Waals surface area contributed by atoms with E-state index in [4.69, 9.17) is 0 Å². The van der Waals surface area contributed by atoms with Crippen molar-refractivity contribution in [3.63, 3.8) is 0 Å². The molecule has 1 aliphatic rings. The second kappa shape index (κ2) is 6.66. The van der Waals surface area contributed by atoms with Gasteiger partial charge in [-0.25, -0.2) is 0 Å². The summed E-state index contributed by atoms with van der Waals surface area (Å²) >= 11 is 2.58. The van der Waals surface area contributed by atoms with Gasteiger partial charge in [-0.2, -0.15) is 20.5 Å².